The van der Waals surface area contributed by atoms with Crippen molar-refractivity contribution >= 4 is 11.8 Å². The normalized spacial score (nSPS) is 18.8. The first-order chi connectivity index (χ1) is 10.9. The number of carbonyl (C=O) groups is 1. The van der Waals surface area contributed by atoms with Crippen molar-refractivity contribution in [2.45, 2.75) is 52.1 Å². The van der Waals surface area contributed by atoms with Crippen molar-refractivity contribution in [1.29, 1.82) is 0 Å². The highest BCUT2D eigenvalue weighted by Gasteiger charge is 2.30. The molecule has 23 heavy (non-hydrogen) atoms. The lowest BCUT2D eigenvalue weighted by molar-refractivity contribution is 0.0584. The molecule has 0 aliphatic carbocycles. The average molecular weight is 316 g/mol. The molecule has 126 valence electrons. The molecular weight excluding hydrogens is 288 g/mol. The lowest BCUT2D eigenvalue weighted by Crippen LogP contribution is -2.35. The van der Waals surface area contributed by atoms with Crippen molar-refractivity contribution in [1.82, 2.24) is 5.32 Å². The molecule has 1 N–H and O–H groups in total. The molecule has 1 aromatic rings. The van der Waals surface area contributed by atoms with Crippen LogP contribution in [-0.2, 0) is 17.6 Å². The van der Waals surface area contributed by atoms with E-state index in [1.165, 1.54) is 24.0 Å². The van der Waals surface area contributed by atoms with Gasteiger partial charge in [-0.1, -0.05) is 12.1 Å². The molecule has 3 rings (SSSR count). The topological polar surface area (TPSA) is 41.6 Å². The highest BCUT2D eigenvalue weighted by atomic mass is 16.6. The lowest BCUT2D eigenvalue weighted by Gasteiger charge is -2.25. The number of nitrogens with zero attached hydrogens (tertiary/aromatic N) is 1. The Morgan fingerprint density at radius 3 is 2.74 bits per heavy atom. The van der Waals surface area contributed by atoms with Crippen molar-refractivity contribution in [2.75, 3.05) is 24.5 Å². The second-order valence-electron chi connectivity index (χ2n) is 7.69. The summed E-state index contributed by atoms with van der Waals surface area (Å²) in [5.41, 5.74) is 3.36. The van der Waals surface area contributed by atoms with Crippen molar-refractivity contribution in [2.24, 2.45) is 5.92 Å². The summed E-state index contributed by atoms with van der Waals surface area (Å²) in [6, 6.07) is 6.37. The molecule has 0 atom stereocenters. The molecule has 2 aliphatic rings. The van der Waals surface area contributed by atoms with Crippen LogP contribution in [-0.4, -0.2) is 31.3 Å². The second kappa shape index (κ2) is 6.52. The smallest absolute Gasteiger partial charge is 0.414 e. The molecule has 1 aromatic carbocycles. The van der Waals surface area contributed by atoms with Crippen LogP contribution in [0, 0.1) is 5.92 Å². The number of anilines is 1. The Morgan fingerprint density at radius 1 is 1.30 bits per heavy atom. The molecule has 1 amide bonds. The van der Waals surface area contributed by atoms with Gasteiger partial charge in [-0.25, -0.2) is 4.79 Å². The second-order valence-corrected chi connectivity index (χ2v) is 7.69. The number of benzene rings is 1. The number of fused-ring (bicyclic) bond motifs is 1. The predicted octanol–water partition coefficient (Wildman–Crippen LogP) is 3.53. The fraction of sp³-hybridized carbons (Fsp3) is 0.632. The number of ether oxygens (including phenoxy) is 1. The summed E-state index contributed by atoms with van der Waals surface area (Å²) < 4.78 is 5.55. The Morgan fingerprint density at radius 2 is 2.04 bits per heavy atom. The molecule has 1 fully saturated rings. The van der Waals surface area contributed by atoms with E-state index in [-0.39, 0.29) is 6.09 Å². The highest BCUT2D eigenvalue weighted by molar-refractivity contribution is 5.90. The fourth-order valence-corrected chi connectivity index (χ4v) is 3.60. The van der Waals surface area contributed by atoms with Gasteiger partial charge in [-0.05, 0) is 82.7 Å². The molecular formula is C19H28N2O2. The number of hydrogen-bond acceptors (Lipinski definition) is 3. The maximum absolute atomic E-state index is 12.4. The third-order valence-electron chi connectivity index (χ3n) is 4.71. The molecule has 0 unspecified atom stereocenters. The van der Waals surface area contributed by atoms with Gasteiger partial charge in [0.2, 0.25) is 0 Å². The summed E-state index contributed by atoms with van der Waals surface area (Å²) in [7, 11) is 0. The zero-order valence-corrected chi connectivity index (χ0v) is 14.5. The quantitative estimate of drug-likeness (QED) is 0.907. The van der Waals surface area contributed by atoms with Crippen molar-refractivity contribution in [3.63, 3.8) is 0 Å². The van der Waals surface area contributed by atoms with Gasteiger partial charge in [0.05, 0.1) is 5.69 Å². The van der Waals surface area contributed by atoms with Gasteiger partial charge < -0.3 is 10.1 Å². The number of hydrogen-bond donors (Lipinski definition) is 1. The zero-order chi connectivity index (χ0) is 16.4. The van der Waals surface area contributed by atoms with E-state index in [1.54, 1.807) is 4.90 Å². The van der Waals surface area contributed by atoms with Gasteiger partial charge in [0.1, 0.15) is 5.60 Å². The van der Waals surface area contributed by atoms with E-state index >= 15 is 0 Å². The van der Waals surface area contributed by atoms with Crippen LogP contribution >= 0.6 is 0 Å². The van der Waals surface area contributed by atoms with Crippen molar-refractivity contribution < 1.29 is 9.53 Å². The lowest BCUT2D eigenvalue weighted by atomic mass is 9.88. The maximum atomic E-state index is 12.4. The molecule has 2 aliphatic heterocycles. The number of piperidine rings is 1. The van der Waals surface area contributed by atoms with E-state index in [0.29, 0.717) is 0 Å². The third kappa shape index (κ3) is 3.86. The third-order valence-corrected chi connectivity index (χ3v) is 4.71. The Hall–Kier alpha value is -1.55. The minimum atomic E-state index is -0.452. The summed E-state index contributed by atoms with van der Waals surface area (Å²) in [4.78, 5) is 14.2. The minimum absolute atomic E-state index is 0.227. The molecule has 0 aromatic heterocycles. The highest BCUT2D eigenvalue weighted by Crippen LogP contribution is 2.33. The average Bonchev–Trinajstić information content (AvgIpc) is 2.92. The zero-order valence-electron chi connectivity index (χ0n) is 14.5. The maximum Gasteiger partial charge on any atom is 0.414 e. The van der Waals surface area contributed by atoms with Crippen LogP contribution in [0.2, 0.25) is 0 Å². The van der Waals surface area contributed by atoms with E-state index in [2.05, 4.69) is 23.5 Å². The SMILES string of the molecule is CC(C)(C)OC(=O)N1CCc2c(CC3CCNCC3)cccc21. The monoisotopic (exact) mass is 316 g/mol. The van der Waals surface area contributed by atoms with Crippen LogP contribution in [0.5, 0.6) is 0 Å². The van der Waals surface area contributed by atoms with Gasteiger partial charge in [0.15, 0.2) is 0 Å². The van der Waals surface area contributed by atoms with E-state index in [9.17, 15) is 4.79 Å². The van der Waals surface area contributed by atoms with Gasteiger partial charge in [0, 0.05) is 6.54 Å². The summed E-state index contributed by atoms with van der Waals surface area (Å²) in [6.07, 6.45) is 4.34. The van der Waals surface area contributed by atoms with Crippen LogP contribution in [0.1, 0.15) is 44.7 Å². The van der Waals surface area contributed by atoms with Crippen LogP contribution in [0.15, 0.2) is 18.2 Å². The summed E-state index contributed by atoms with van der Waals surface area (Å²) in [6.45, 7) is 8.72. The Kier molecular flexibility index (Phi) is 4.62. The van der Waals surface area contributed by atoms with Crippen molar-refractivity contribution in [3.05, 3.63) is 29.3 Å². The molecule has 0 radical (unpaired) electrons. The van der Waals surface area contributed by atoms with Crippen LogP contribution in [0.25, 0.3) is 0 Å². The van der Waals surface area contributed by atoms with Gasteiger partial charge in [-0.2, -0.15) is 0 Å². The Bertz CT molecular complexity index is 571. The van der Waals surface area contributed by atoms with Crippen LogP contribution in [0.3, 0.4) is 0 Å². The van der Waals surface area contributed by atoms with E-state index in [4.69, 9.17) is 4.74 Å². The van der Waals surface area contributed by atoms with Gasteiger partial charge in [-0.3, -0.25) is 4.90 Å². The van der Waals surface area contributed by atoms with Gasteiger partial charge in [0.25, 0.3) is 0 Å². The summed E-state index contributed by atoms with van der Waals surface area (Å²) in [5.74, 6) is 0.762. The van der Waals surface area contributed by atoms with Crippen molar-refractivity contribution in [3.8, 4) is 0 Å². The van der Waals surface area contributed by atoms with E-state index in [1.807, 2.05) is 20.8 Å². The molecule has 0 spiro atoms. The molecule has 0 bridgehead atoms. The first kappa shape index (κ1) is 16.3. The predicted molar refractivity (Wildman–Crippen MR) is 93.0 cm³/mol. The first-order valence-electron chi connectivity index (χ1n) is 8.76. The van der Waals surface area contributed by atoms with Gasteiger partial charge in [-0.15, -0.1) is 0 Å². The fourth-order valence-electron chi connectivity index (χ4n) is 3.60. The van der Waals surface area contributed by atoms with Gasteiger partial charge >= 0.3 is 6.09 Å². The van der Waals surface area contributed by atoms with E-state index < -0.39 is 5.60 Å². The van der Waals surface area contributed by atoms with Crippen LogP contribution < -0.4 is 10.2 Å². The molecule has 4 nitrogen and oxygen atoms in total. The number of nitrogens with one attached hydrogen (secondary N) is 1. The molecule has 0 saturated carbocycles. The number of amides is 1. The molecule has 1 saturated heterocycles. The molecule has 4 heteroatoms. The van der Waals surface area contributed by atoms with E-state index in [0.717, 1.165) is 44.1 Å². The standard InChI is InChI=1S/C19H28N2O2/c1-19(2,3)23-18(22)21-12-9-16-15(5-4-6-17(16)21)13-14-7-10-20-11-8-14/h4-6,14,20H,7-13H2,1-3H3. The van der Waals surface area contributed by atoms with Crippen LogP contribution in [0.4, 0.5) is 10.5 Å². The number of rotatable bonds is 2. The largest absolute Gasteiger partial charge is 0.443 e. The summed E-state index contributed by atoms with van der Waals surface area (Å²) in [5, 5.41) is 3.43. The minimum Gasteiger partial charge on any atom is -0.443 e. The first-order valence-corrected chi connectivity index (χ1v) is 8.76. The number of carbonyl (C=O) groups excluding carboxylic acids is 1. The summed E-state index contributed by atoms with van der Waals surface area (Å²) >= 11 is 0. The Balaban J connectivity index is 1.76. The Labute approximate surface area is 139 Å². The molecule has 2 heterocycles.